The van der Waals surface area contributed by atoms with Crippen LogP contribution in [0.4, 0.5) is 0 Å². The van der Waals surface area contributed by atoms with Crippen molar-refractivity contribution in [1.29, 1.82) is 0 Å². The molecule has 0 unspecified atom stereocenters. The highest BCUT2D eigenvalue weighted by molar-refractivity contribution is 6.04. The van der Waals surface area contributed by atoms with E-state index in [1.165, 1.54) is 6.08 Å². The molecule has 3 aromatic rings. The van der Waals surface area contributed by atoms with Crippen molar-refractivity contribution in [1.82, 2.24) is 5.32 Å². The second-order valence-corrected chi connectivity index (χ2v) is 5.70. The summed E-state index contributed by atoms with van der Waals surface area (Å²) in [6, 6.07) is 20.1. The van der Waals surface area contributed by atoms with Crippen molar-refractivity contribution in [2.45, 2.75) is 6.92 Å². The third-order valence-electron chi connectivity index (χ3n) is 3.99. The predicted molar refractivity (Wildman–Crippen MR) is 98.2 cm³/mol. The summed E-state index contributed by atoms with van der Waals surface area (Å²) >= 11 is 0. The predicted octanol–water partition coefficient (Wildman–Crippen LogP) is 4.00. The molecule has 0 aliphatic rings. The molecule has 124 valence electrons. The maximum atomic E-state index is 12.3. The zero-order valence-corrected chi connectivity index (χ0v) is 13.7. The lowest BCUT2D eigenvalue weighted by atomic mass is 9.99. The minimum Gasteiger partial charge on any atom is -0.477 e. The maximum Gasteiger partial charge on any atom is 0.352 e. The molecule has 0 saturated heterocycles. The van der Waals surface area contributed by atoms with Crippen molar-refractivity contribution in [3.63, 3.8) is 0 Å². The van der Waals surface area contributed by atoms with Crippen LogP contribution >= 0.6 is 0 Å². The molecular weight excluding hydrogens is 314 g/mol. The van der Waals surface area contributed by atoms with Crippen molar-refractivity contribution in [3.8, 4) is 0 Å². The van der Waals surface area contributed by atoms with Gasteiger partial charge in [0.25, 0.3) is 5.91 Å². The Kier molecular flexibility index (Phi) is 4.61. The summed E-state index contributed by atoms with van der Waals surface area (Å²) in [5.74, 6) is -1.64. The summed E-state index contributed by atoms with van der Waals surface area (Å²) in [6.07, 6.45) is 1.49. The van der Waals surface area contributed by atoms with Gasteiger partial charge in [-0.05, 0) is 47.0 Å². The van der Waals surface area contributed by atoms with Crippen LogP contribution < -0.4 is 5.32 Å². The quantitative estimate of drug-likeness (QED) is 0.710. The van der Waals surface area contributed by atoms with E-state index in [4.69, 9.17) is 0 Å². The highest BCUT2D eigenvalue weighted by Crippen LogP contribution is 2.24. The molecule has 0 fully saturated rings. The second-order valence-electron chi connectivity index (χ2n) is 5.70. The van der Waals surface area contributed by atoms with Crippen LogP contribution in [0.1, 0.15) is 21.5 Å². The van der Waals surface area contributed by atoms with Gasteiger partial charge < -0.3 is 10.4 Å². The third-order valence-corrected chi connectivity index (χ3v) is 3.99. The molecule has 0 saturated carbocycles. The fourth-order valence-electron chi connectivity index (χ4n) is 2.69. The molecule has 0 bridgehead atoms. The zero-order valence-electron chi connectivity index (χ0n) is 13.7. The molecule has 4 heteroatoms. The molecule has 0 aliphatic carbocycles. The summed E-state index contributed by atoms with van der Waals surface area (Å²) < 4.78 is 0. The minimum absolute atomic E-state index is 0.164. The fraction of sp³-hybridized carbons (Fsp3) is 0.0476. The van der Waals surface area contributed by atoms with Crippen molar-refractivity contribution in [2.75, 3.05) is 0 Å². The van der Waals surface area contributed by atoms with Crippen LogP contribution in [0.15, 0.2) is 72.4 Å². The molecule has 4 nitrogen and oxygen atoms in total. The van der Waals surface area contributed by atoms with E-state index in [2.05, 4.69) is 5.32 Å². The van der Waals surface area contributed by atoms with Crippen LogP contribution in [0.3, 0.4) is 0 Å². The number of hydrogen-bond donors (Lipinski definition) is 2. The van der Waals surface area contributed by atoms with E-state index < -0.39 is 11.9 Å². The number of carbonyl (C=O) groups is 2. The van der Waals surface area contributed by atoms with Gasteiger partial charge >= 0.3 is 5.97 Å². The van der Waals surface area contributed by atoms with Gasteiger partial charge in [-0.1, -0.05) is 54.6 Å². The van der Waals surface area contributed by atoms with Crippen molar-refractivity contribution in [2.24, 2.45) is 0 Å². The lowest BCUT2D eigenvalue weighted by Gasteiger charge is -2.09. The number of carboxylic acid groups (broad SMARTS) is 1. The summed E-state index contributed by atoms with van der Waals surface area (Å²) in [7, 11) is 0. The van der Waals surface area contributed by atoms with E-state index in [0.29, 0.717) is 5.56 Å². The molecule has 0 spiro atoms. The number of aryl methyl sites for hydroxylation is 1. The minimum atomic E-state index is -1.19. The van der Waals surface area contributed by atoms with Gasteiger partial charge in [0.2, 0.25) is 0 Å². The number of rotatable bonds is 4. The average Bonchev–Trinajstić information content (AvgIpc) is 2.64. The average molecular weight is 331 g/mol. The largest absolute Gasteiger partial charge is 0.477 e. The number of carboxylic acids is 1. The summed E-state index contributed by atoms with van der Waals surface area (Å²) in [4.78, 5) is 23.8. The smallest absolute Gasteiger partial charge is 0.352 e. The highest BCUT2D eigenvalue weighted by atomic mass is 16.4. The highest BCUT2D eigenvalue weighted by Gasteiger charge is 2.14. The zero-order chi connectivity index (χ0) is 17.8. The van der Waals surface area contributed by atoms with Gasteiger partial charge in [-0.2, -0.15) is 0 Å². The number of aliphatic carboxylic acids is 1. The van der Waals surface area contributed by atoms with Gasteiger partial charge in [-0.15, -0.1) is 0 Å². The molecule has 0 aliphatic heterocycles. The first-order chi connectivity index (χ1) is 12.1. The lowest BCUT2D eigenvalue weighted by Crippen LogP contribution is -2.27. The molecule has 0 radical (unpaired) electrons. The Bertz CT molecular complexity index is 975. The Morgan fingerprint density at radius 3 is 2.20 bits per heavy atom. The number of fused-ring (bicyclic) bond motifs is 1. The molecule has 3 aromatic carbocycles. The van der Waals surface area contributed by atoms with Crippen LogP contribution in [0.25, 0.3) is 16.8 Å². The van der Waals surface area contributed by atoms with Crippen molar-refractivity contribution in [3.05, 3.63) is 89.1 Å². The first-order valence-electron chi connectivity index (χ1n) is 7.86. The van der Waals surface area contributed by atoms with Gasteiger partial charge in [0.15, 0.2) is 0 Å². The summed E-state index contributed by atoms with van der Waals surface area (Å²) in [5.41, 5.74) is 2.09. The van der Waals surface area contributed by atoms with E-state index in [0.717, 1.165) is 21.9 Å². The molecule has 2 N–H and O–H groups in total. The number of nitrogens with one attached hydrogen (secondary N) is 1. The Balaban J connectivity index is 2.00. The first-order valence-corrected chi connectivity index (χ1v) is 7.86. The molecule has 0 atom stereocenters. The summed E-state index contributed by atoms with van der Waals surface area (Å²) in [5, 5.41) is 13.9. The molecule has 0 heterocycles. The van der Waals surface area contributed by atoms with Gasteiger partial charge in [0.1, 0.15) is 5.70 Å². The maximum absolute atomic E-state index is 12.3. The first kappa shape index (κ1) is 16.5. The SMILES string of the molecule is Cc1ccc(/C=C(/NC(=O)c2ccccc2)C(=O)O)c2ccccc12. The van der Waals surface area contributed by atoms with E-state index in [1.54, 1.807) is 30.3 Å². The second kappa shape index (κ2) is 7.01. The van der Waals surface area contributed by atoms with Crippen LogP contribution in [0.5, 0.6) is 0 Å². The third kappa shape index (κ3) is 3.58. The standard InChI is InChI=1S/C21H17NO3/c1-14-11-12-16(18-10-6-5-9-17(14)18)13-19(21(24)25)22-20(23)15-7-3-2-4-8-15/h2-13H,1H3,(H,22,23)(H,24,25)/b19-13+. The van der Waals surface area contributed by atoms with Crippen molar-refractivity contribution < 1.29 is 14.7 Å². The van der Waals surface area contributed by atoms with Gasteiger partial charge in [0.05, 0.1) is 0 Å². The van der Waals surface area contributed by atoms with Crippen LogP contribution in [-0.2, 0) is 4.79 Å². The molecular formula is C21H17NO3. The van der Waals surface area contributed by atoms with Crippen LogP contribution in [-0.4, -0.2) is 17.0 Å². The Hall–Kier alpha value is -3.40. The normalized spacial score (nSPS) is 11.3. The van der Waals surface area contributed by atoms with E-state index >= 15 is 0 Å². The number of hydrogen-bond acceptors (Lipinski definition) is 2. The summed E-state index contributed by atoms with van der Waals surface area (Å²) in [6.45, 7) is 2.01. The van der Waals surface area contributed by atoms with Gasteiger partial charge in [-0.3, -0.25) is 4.79 Å². The molecule has 3 rings (SSSR count). The van der Waals surface area contributed by atoms with Gasteiger partial charge in [0, 0.05) is 5.56 Å². The van der Waals surface area contributed by atoms with Crippen LogP contribution in [0.2, 0.25) is 0 Å². The Morgan fingerprint density at radius 2 is 1.52 bits per heavy atom. The lowest BCUT2D eigenvalue weighted by molar-refractivity contribution is -0.132. The Labute approximate surface area is 145 Å². The van der Waals surface area contributed by atoms with Gasteiger partial charge in [-0.25, -0.2) is 4.79 Å². The van der Waals surface area contributed by atoms with E-state index in [9.17, 15) is 14.7 Å². The number of amides is 1. The molecule has 0 aromatic heterocycles. The van der Waals surface area contributed by atoms with Crippen molar-refractivity contribution >= 4 is 28.7 Å². The molecule has 1 amide bonds. The van der Waals surface area contributed by atoms with E-state index in [1.807, 2.05) is 43.3 Å². The number of benzene rings is 3. The topological polar surface area (TPSA) is 66.4 Å². The Morgan fingerprint density at radius 1 is 0.880 bits per heavy atom. The van der Waals surface area contributed by atoms with E-state index in [-0.39, 0.29) is 5.70 Å². The molecule has 25 heavy (non-hydrogen) atoms. The fourth-order valence-corrected chi connectivity index (χ4v) is 2.69. The monoisotopic (exact) mass is 331 g/mol. The van der Waals surface area contributed by atoms with Crippen LogP contribution in [0, 0.1) is 6.92 Å². The number of carbonyl (C=O) groups excluding carboxylic acids is 1.